The molecule has 5 nitrogen and oxygen atoms in total. The summed E-state index contributed by atoms with van der Waals surface area (Å²) >= 11 is 5.90. The van der Waals surface area contributed by atoms with Gasteiger partial charge in [0.05, 0.1) is 5.38 Å². The lowest BCUT2D eigenvalue weighted by molar-refractivity contribution is -0.117. The lowest BCUT2D eigenvalue weighted by Gasteiger charge is -2.08. The van der Waals surface area contributed by atoms with Crippen LogP contribution < -0.4 is 4.90 Å². The molecule has 1 aromatic heterocycles. The SMILES string of the molecule is O=C1CC(Cl)CN1c1nnc(-c2ccc(F)cc2)o1. The van der Waals surface area contributed by atoms with Crippen LogP contribution in [0.2, 0.25) is 0 Å². The predicted molar refractivity (Wildman–Crippen MR) is 66.3 cm³/mol. The first-order chi connectivity index (χ1) is 9.13. The maximum absolute atomic E-state index is 12.8. The fourth-order valence-corrected chi connectivity index (χ4v) is 2.15. The third-order valence-electron chi connectivity index (χ3n) is 2.81. The zero-order valence-corrected chi connectivity index (χ0v) is 10.5. The van der Waals surface area contributed by atoms with Gasteiger partial charge in [-0.3, -0.25) is 9.69 Å². The van der Waals surface area contributed by atoms with E-state index in [2.05, 4.69) is 10.2 Å². The zero-order chi connectivity index (χ0) is 13.4. The molecule has 1 saturated heterocycles. The van der Waals surface area contributed by atoms with Crippen molar-refractivity contribution in [3.8, 4) is 11.5 Å². The summed E-state index contributed by atoms with van der Waals surface area (Å²) in [6.45, 7) is 0.353. The second-order valence-corrected chi connectivity index (χ2v) is 4.82. The number of nitrogens with zero attached hydrogens (tertiary/aromatic N) is 3. The van der Waals surface area contributed by atoms with E-state index in [0.29, 0.717) is 12.1 Å². The number of rotatable bonds is 2. The Morgan fingerprint density at radius 2 is 2.05 bits per heavy atom. The largest absolute Gasteiger partial charge is 0.403 e. The van der Waals surface area contributed by atoms with Gasteiger partial charge in [-0.25, -0.2) is 4.39 Å². The van der Waals surface area contributed by atoms with E-state index in [4.69, 9.17) is 16.0 Å². The second-order valence-electron chi connectivity index (χ2n) is 4.20. The summed E-state index contributed by atoms with van der Waals surface area (Å²) in [5, 5.41) is 7.42. The second kappa shape index (κ2) is 4.62. The Morgan fingerprint density at radius 3 is 2.68 bits per heavy atom. The van der Waals surface area contributed by atoms with E-state index in [1.807, 2.05) is 0 Å². The molecule has 7 heteroatoms. The van der Waals surface area contributed by atoms with Crippen molar-refractivity contribution < 1.29 is 13.6 Å². The van der Waals surface area contributed by atoms with Crippen molar-refractivity contribution in [2.75, 3.05) is 11.4 Å². The molecule has 1 aliphatic rings. The summed E-state index contributed by atoms with van der Waals surface area (Å²) in [6, 6.07) is 5.78. The lowest BCUT2D eigenvalue weighted by Crippen LogP contribution is -2.24. The van der Waals surface area contributed by atoms with Crippen molar-refractivity contribution in [3.05, 3.63) is 30.1 Å². The number of amides is 1. The molecule has 2 aromatic rings. The molecule has 0 saturated carbocycles. The molecule has 1 fully saturated rings. The molecule has 2 heterocycles. The number of carbonyl (C=O) groups excluding carboxylic acids is 1. The van der Waals surface area contributed by atoms with E-state index in [1.54, 1.807) is 0 Å². The summed E-state index contributed by atoms with van der Waals surface area (Å²) in [5.41, 5.74) is 0.592. The molecule has 1 amide bonds. The van der Waals surface area contributed by atoms with E-state index >= 15 is 0 Å². The van der Waals surface area contributed by atoms with E-state index < -0.39 is 0 Å². The van der Waals surface area contributed by atoms with Crippen LogP contribution in [-0.2, 0) is 4.79 Å². The first-order valence-electron chi connectivity index (χ1n) is 5.67. The molecule has 3 rings (SSSR count). The van der Waals surface area contributed by atoms with E-state index in [1.165, 1.54) is 29.2 Å². The maximum atomic E-state index is 12.8. The van der Waals surface area contributed by atoms with Gasteiger partial charge in [0.15, 0.2) is 0 Å². The smallest absolute Gasteiger partial charge is 0.325 e. The minimum Gasteiger partial charge on any atom is -0.403 e. The first-order valence-corrected chi connectivity index (χ1v) is 6.11. The van der Waals surface area contributed by atoms with E-state index in [0.717, 1.165) is 0 Å². The normalized spacial score (nSPS) is 19.2. The van der Waals surface area contributed by atoms with Crippen molar-refractivity contribution in [2.24, 2.45) is 0 Å². The summed E-state index contributed by atoms with van der Waals surface area (Å²) in [5.74, 6) is -0.252. The molecule has 0 aliphatic carbocycles. The van der Waals surface area contributed by atoms with Crippen molar-refractivity contribution in [1.29, 1.82) is 0 Å². The molecule has 0 radical (unpaired) electrons. The highest BCUT2D eigenvalue weighted by Crippen LogP contribution is 2.26. The highest BCUT2D eigenvalue weighted by atomic mass is 35.5. The number of alkyl halides is 1. The number of hydrogen-bond donors (Lipinski definition) is 0. The molecule has 1 aromatic carbocycles. The van der Waals surface area contributed by atoms with Crippen LogP contribution in [0.5, 0.6) is 0 Å². The molecule has 1 unspecified atom stereocenters. The van der Waals surface area contributed by atoms with Gasteiger partial charge in [0.1, 0.15) is 5.82 Å². The Balaban J connectivity index is 1.87. The van der Waals surface area contributed by atoms with Crippen LogP contribution in [0.4, 0.5) is 10.4 Å². The number of benzene rings is 1. The van der Waals surface area contributed by atoms with Crippen molar-refractivity contribution in [1.82, 2.24) is 10.2 Å². The Morgan fingerprint density at radius 1 is 1.32 bits per heavy atom. The van der Waals surface area contributed by atoms with Crippen molar-refractivity contribution >= 4 is 23.5 Å². The van der Waals surface area contributed by atoms with E-state index in [9.17, 15) is 9.18 Å². The minimum atomic E-state index is -0.344. The van der Waals surface area contributed by atoms with Crippen LogP contribution in [0.3, 0.4) is 0 Å². The van der Waals surface area contributed by atoms with Crippen LogP contribution >= 0.6 is 11.6 Å². The molecule has 0 bridgehead atoms. The van der Waals surface area contributed by atoms with Gasteiger partial charge in [-0.15, -0.1) is 16.7 Å². The predicted octanol–water partition coefficient (Wildman–Crippen LogP) is 2.22. The minimum absolute atomic E-state index is 0.118. The highest BCUT2D eigenvalue weighted by molar-refractivity contribution is 6.24. The van der Waals surface area contributed by atoms with Gasteiger partial charge in [0, 0.05) is 18.5 Å². The molecule has 98 valence electrons. The first kappa shape index (κ1) is 12.1. The third kappa shape index (κ3) is 2.31. The fraction of sp³-hybridized carbons (Fsp3) is 0.250. The Kier molecular flexibility index (Phi) is 2.94. The van der Waals surface area contributed by atoms with Crippen LogP contribution in [0.1, 0.15) is 6.42 Å². The standard InChI is InChI=1S/C12H9ClFN3O2/c13-8-5-10(18)17(6-8)12-16-15-11(19-12)7-1-3-9(14)4-2-7/h1-4,8H,5-6H2. The summed E-state index contributed by atoms with van der Waals surface area (Å²) in [7, 11) is 0. The number of hydrogen-bond acceptors (Lipinski definition) is 4. The monoisotopic (exact) mass is 281 g/mol. The van der Waals surface area contributed by atoms with E-state index in [-0.39, 0.29) is 35.4 Å². The molecule has 1 atom stereocenters. The molecular formula is C12H9ClFN3O2. The van der Waals surface area contributed by atoms with Gasteiger partial charge in [0.2, 0.25) is 11.8 Å². The molecule has 1 aliphatic heterocycles. The quantitative estimate of drug-likeness (QED) is 0.792. The van der Waals surface area contributed by atoms with Crippen molar-refractivity contribution in [3.63, 3.8) is 0 Å². The average Bonchev–Trinajstić information content (AvgIpc) is 2.97. The Labute approximate surface area is 113 Å². The molecule has 19 heavy (non-hydrogen) atoms. The molecule has 0 N–H and O–H groups in total. The Hall–Kier alpha value is -1.95. The van der Waals surface area contributed by atoms with Crippen LogP contribution in [-0.4, -0.2) is 28.0 Å². The van der Waals surface area contributed by atoms with Gasteiger partial charge in [-0.1, -0.05) is 5.10 Å². The van der Waals surface area contributed by atoms with Crippen LogP contribution in [0.15, 0.2) is 28.7 Å². The molecular weight excluding hydrogens is 273 g/mol. The number of anilines is 1. The van der Waals surface area contributed by atoms with Gasteiger partial charge in [-0.2, -0.15) is 0 Å². The van der Waals surface area contributed by atoms with Gasteiger partial charge >= 0.3 is 6.01 Å². The van der Waals surface area contributed by atoms with Crippen LogP contribution in [0.25, 0.3) is 11.5 Å². The zero-order valence-electron chi connectivity index (χ0n) is 9.72. The summed E-state index contributed by atoms with van der Waals surface area (Å²) < 4.78 is 18.2. The summed E-state index contributed by atoms with van der Waals surface area (Å²) in [6.07, 6.45) is 0.260. The van der Waals surface area contributed by atoms with Gasteiger partial charge in [0.25, 0.3) is 0 Å². The van der Waals surface area contributed by atoms with Gasteiger partial charge < -0.3 is 4.42 Å². The number of carbonyl (C=O) groups is 1. The maximum Gasteiger partial charge on any atom is 0.325 e. The molecule has 0 spiro atoms. The third-order valence-corrected chi connectivity index (χ3v) is 3.11. The lowest BCUT2D eigenvalue weighted by atomic mass is 10.2. The van der Waals surface area contributed by atoms with Gasteiger partial charge in [-0.05, 0) is 24.3 Å². The topological polar surface area (TPSA) is 59.2 Å². The Bertz CT molecular complexity index is 614. The number of aromatic nitrogens is 2. The fourth-order valence-electron chi connectivity index (χ4n) is 1.88. The van der Waals surface area contributed by atoms with Crippen LogP contribution in [0, 0.1) is 5.82 Å². The average molecular weight is 282 g/mol. The highest BCUT2D eigenvalue weighted by Gasteiger charge is 2.32. The van der Waals surface area contributed by atoms with Crippen molar-refractivity contribution in [2.45, 2.75) is 11.8 Å². The number of halogens is 2. The summed E-state index contributed by atoms with van der Waals surface area (Å²) in [4.78, 5) is 13.0.